The summed E-state index contributed by atoms with van der Waals surface area (Å²) in [6.45, 7) is 0. The molecule has 0 unspecified atom stereocenters. The Labute approximate surface area is 125 Å². The maximum absolute atomic E-state index is 13.7. The molecule has 0 aliphatic heterocycles. The van der Waals surface area contributed by atoms with Crippen LogP contribution in [0.15, 0.2) is 28.7 Å². The van der Waals surface area contributed by atoms with Crippen molar-refractivity contribution in [2.45, 2.75) is 5.88 Å². The normalized spacial score (nSPS) is 10.7. The van der Waals surface area contributed by atoms with Gasteiger partial charge in [-0.25, -0.2) is 13.2 Å². The molecule has 0 bridgehead atoms. The summed E-state index contributed by atoms with van der Waals surface area (Å²) in [5.74, 6) is -6.20. The Kier molecular flexibility index (Phi) is 4.55. The molecule has 0 fully saturated rings. The van der Waals surface area contributed by atoms with Crippen molar-refractivity contribution >= 4 is 27.5 Å². The number of benzene rings is 2. The standard InChI is InChI=1S/C13H6BrClF4O/c14-7-3-8(16)12(19)11(4-7)20-13-9(17)1-6(5-15)2-10(13)18/h1-4H,5H2. The number of halogens is 6. The zero-order valence-electron chi connectivity index (χ0n) is 9.69. The van der Waals surface area contributed by atoms with Crippen LogP contribution in [0.4, 0.5) is 17.6 Å². The Hall–Kier alpha value is -1.27. The van der Waals surface area contributed by atoms with Gasteiger partial charge in [0.2, 0.25) is 5.82 Å². The molecule has 1 nitrogen and oxygen atoms in total. The highest BCUT2D eigenvalue weighted by molar-refractivity contribution is 9.10. The van der Waals surface area contributed by atoms with E-state index in [1.54, 1.807) is 0 Å². The van der Waals surface area contributed by atoms with Crippen LogP contribution in [-0.4, -0.2) is 0 Å². The smallest absolute Gasteiger partial charge is 0.201 e. The van der Waals surface area contributed by atoms with Crippen LogP contribution < -0.4 is 4.74 Å². The van der Waals surface area contributed by atoms with Gasteiger partial charge in [0.25, 0.3) is 0 Å². The highest BCUT2D eigenvalue weighted by Crippen LogP contribution is 2.33. The van der Waals surface area contributed by atoms with Gasteiger partial charge < -0.3 is 4.74 Å². The number of alkyl halides is 1. The summed E-state index contributed by atoms with van der Waals surface area (Å²) < 4.78 is 59.0. The Morgan fingerprint density at radius 2 is 1.55 bits per heavy atom. The number of hydrogen-bond acceptors (Lipinski definition) is 1. The van der Waals surface area contributed by atoms with E-state index in [1.165, 1.54) is 0 Å². The van der Waals surface area contributed by atoms with Crippen LogP contribution in [0.2, 0.25) is 0 Å². The second kappa shape index (κ2) is 6.01. The average Bonchev–Trinajstić information content (AvgIpc) is 2.38. The van der Waals surface area contributed by atoms with Gasteiger partial charge in [-0.3, -0.25) is 0 Å². The zero-order valence-corrected chi connectivity index (χ0v) is 12.0. The van der Waals surface area contributed by atoms with Gasteiger partial charge >= 0.3 is 0 Å². The van der Waals surface area contributed by atoms with E-state index < -0.39 is 34.8 Å². The molecule has 2 rings (SSSR count). The van der Waals surface area contributed by atoms with Gasteiger partial charge in [-0.1, -0.05) is 15.9 Å². The molecule has 0 heterocycles. The molecule has 106 valence electrons. The van der Waals surface area contributed by atoms with E-state index in [1.807, 2.05) is 0 Å². The van der Waals surface area contributed by atoms with Gasteiger partial charge in [0.05, 0.1) is 0 Å². The largest absolute Gasteiger partial charge is 0.448 e. The van der Waals surface area contributed by atoms with E-state index in [2.05, 4.69) is 15.9 Å². The van der Waals surface area contributed by atoms with Crippen molar-refractivity contribution in [1.82, 2.24) is 0 Å². The summed E-state index contributed by atoms with van der Waals surface area (Å²) in [6, 6.07) is 3.84. The van der Waals surface area contributed by atoms with E-state index in [0.29, 0.717) is 0 Å². The minimum absolute atomic E-state index is 0.0893. The highest BCUT2D eigenvalue weighted by atomic mass is 79.9. The van der Waals surface area contributed by atoms with Crippen molar-refractivity contribution < 1.29 is 22.3 Å². The maximum Gasteiger partial charge on any atom is 0.201 e. The lowest BCUT2D eigenvalue weighted by Crippen LogP contribution is -1.98. The van der Waals surface area contributed by atoms with E-state index >= 15 is 0 Å². The Morgan fingerprint density at radius 3 is 2.10 bits per heavy atom. The molecular weight excluding hydrogens is 363 g/mol. The lowest BCUT2D eigenvalue weighted by molar-refractivity contribution is 0.375. The molecule has 0 saturated carbocycles. The molecule has 0 saturated heterocycles. The fourth-order valence-electron chi connectivity index (χ4n) is 1.50. The third-order valence-electron chi connectivity index (χ3n) is 2.38. The summed E-state index contributed by atoms with van der Waals surface area (Å²) in [5.41, 5.74) is 0.204. The van der Waals surface area contributed by atoms with Gasteiger partial charge in [0.15, 0.2) is 29.0 Å². The van der Waals surface area contributed by atoms with Gasteiger partial charge in [-0.15, -0.1) is 11.6 Å². The molecule has 2 aromatic carbocycles. The molecular formula is C13H6BrClF4O. The first-order valence-corrected chi connectivity index (χ1v) is 6.61. The van der Waals surface area contributed by atoms with Crippen LogP contribution in [0.5, 0.6) is 11.5 Å². The lowest BCUT2D eigenvalue weighted by atomic mass is 10.2. The number of hydrogen-bond donors (Lipinski definition) is 0. The van der Waals surface area contributed by atoms with Gasteiger partial charge in [0, 0.05) is 10.4 Å². The van der Waals surface area contributed by atoms with E-state index in [0.717, 1.165) is 24.3 Å². The zero-order chi connectivity index (χ0) is 14.9. The quantitative estimate of drug-likeness (QED) is 0.392. The van der Waals surface area contributed by atoms with Crippen LogP contribution in [0.1, 0.15) is 5.56 Å². The van der Waals surface area contributed by atoms with Crippen LogP contribution in [-0.2, 0) is 5.88 Å². The molecule has 2 aromatic rings. The molecule has 0 radical (unpaired) electrons. The minimum atomic E-state index is -1.34. The average molecular weight is 370 g/mol. The molecule has 7 heteroatoms. The topological polar surface area (TPSA) is 9.23 Å². The Morgan fingerprint density at radius 1 is 0.950 bits per heavy atom. The van der Waals surface area contributed by atoms with Crippen molar-refractivity contribution in [2.24, 2.45) is 0 Å². The predicted molar refractivity (Wildman–Crippen MR) is 70.0 cm³/mol. The van der Waals surface area contributed by atoms with Gasteiger partial charge in [-0.2, -0.15) is 4.39 Å². The monoisotopic (exact) mass is 368 g/mol. The van der Waals surface area contributed by atoms with Crippen molar-refractivity contribution in [3.63, 3.8) is 0 Å². The Balaban J connectivity index is 2.45. The first kappa shape index (κ1) is 15.1. The van der Waals surface area contributed by atoms with E-state index in [-0.39, 0.29) is 15.9 Å². The molecule has 0 aromatic heterocycles. The molecule has 0 aliphatic carbocycles. The maximum atomic E-state index is 13.7. The second-order valence-electron chi connectivity index (χ2n) is 3.82. The molecule has 0 N–H and O–H groups in total. The lowest BCUT2D eigenvalue weighted by Gasteiger charge is -2.10. The van der Waals surface area contributed by atoms with Crippen molar-refractivity contribution in [3.05, 3.63) is 57.6 Å². The first-order chi connectivity index (χ1) is 9.42. The van der Waals surface area contributed by atoms with E-state index in [9.17, 15) is 17.6 Å². The molecule has 20 heavy (non-hydrogen) atoms. The van der Waals surface area contributed by atoms with E-state index in [4.69, 9.17) is 16.3 Å². The Bertz CT molecular complexity index is 640. The van der Waals surface area contributed by atoms with Crippen molar-refractivity contribution in [2.75, 3.05) is 0 Å². The SMILES string of the molecule is Fc1cc(Br)cc(Oc2c(F)cc(CCl)cc2F)c1F. The fourth-order valence-corrected chi connectivity index (χ4v) is 2.07. The summed E-state index contributed by atoms with van der Waals surface area (Å²) in [4.78, 5) is 0. The summed E-state index contributed by atoms with van der Waals surface area (Å²) in [5, 5.41) is 0. The van der Waals surface area contributed by atoms with Gasteiger partial charge in [-0.05, 0) is 29.8 Å². The molecule has 0 spiro atoms. The van der Waals surface area contributed by atoms with Crippen LogP contribution in [0.3, 0.4) is 0 Å². The summed E-state index contributed by atoms with van der Waals surface area (Å²) >= 11 is 8.39. The van der Waals surface area contributed by atoms with Crippen molar-refractivity contribution in [3.8, 4) is 11.5 Å². The first-order valence-electron chi connectivity index (χ1n) is 5.28. The molecule has 0 aliphatic rings. The van der Waals surface area contributed by atoms with Crippen LogP contribution >= 0.6 is 27.5 Å². The third-order valence-corrected chi connectivity index (χ3v) is 3.15. The number of rotatable bonds is 3. The third kappa shape index (κ3) is 3.07. The number of ether oxygens (including phenoxy) is 1. The van der Waals surface area contributed by atoms with Crippen molar-refractivity contribution in [1.29, 1.82) is 0 Å². The fraction of sp³-hybridized carbons (Fsp3) is 0.0769. The van der Waals surface area contributed by atoms with Gasteiger partial charge in [0.1, 0.15) is 0 Å². The predicted octanol–water partition coefficient (Wildman–Crippen LogP) is 5.54. The van der Waals surface area contributed by atoms with Crippen LogP contribution in [0.25, 0.3) is 0 Å². The van der Waals surface area contributed by atoms with Crippen LogP contribution in [0, 0.1) is 23.3 Å². The minimum Gasteiger partial charge on any atom is -0.448 e. The molecule has 0 amide bonds. The summed E-state index contributed by atoms with van der Waals surface area (Å²) in [6.07, 6.45) is 0. The highest BCUT2D eigenvalue weighted by Gasteiger charge is 2.18. The summed E-state index contributed by atoms with van der Waals surface area (Å²) in [7, 11) is 0. The molecule has 0 atom stereocenters. The second-order valence-corrected chi connectivity index (χ2v) is 5.01.